The quantitative estimate of drug-likeness (QED) is 0.886. The van der Waals surface area contributed by atoms with E-state index in [1.807, 2.05) is 18.2 Å². The van der Waals surface area contributed by atoms with Crippen LogP contribution in [-0.2, 0) is 16.6 Å². The summed E-state index contributed by atoms with van der Waals surface area (Å²) in [4.78, 5) is 6.93. The fraction of sp³-hybridized carbons (Fsp3) is 0.533. The number of likely N-dealkylation sites (tertiary alicyclic amines) is 1. The minimum absolute atomic E-state index is 0.00628. The molecule has 1 aromatic heterocycles. The van der Waals surface area contributed by atoms with E-state index in [9.17, 15) is 8.42 Å². The van der Waals surface area contributed by atoms with Crippen LogP contribution in [0.15, 0.2) is 18.2 Å². The SMILES string of the molecule is COc1ccc2nc(CN3CCCC(NS(C)(=O)=O)C3)sc2c1. The van der Waals surface area contributed by atoms with Gasteiger partial charge in [-0.3, -0.25) is 4.90 Å². The second-order valence-electron chi connectivity index (χ2n) is 5.91. The summed E-state index contributed by atoms with van der Waals surface area (Å²) in [5.41, 5.74) is 0.980. The molecule has 1 fully saturated rings. The van der Waals surface area contributed by atoms with E-state index in [0.717, 1.165) is 53.4 Å². The maximum Gasteiger partial charge on any atom is 0.208 e. The molecule has 1 saturated heterocycles. The standard InChI is InChI=1S/C15H21N3O3S2/c1-21-12-5-6-13-14(8-12)22-15(16-13)10-18-7-3-4-11(9-18)17-23(2,19)20/h5-6,8,11,17H,3-4,7,9-10H2,1-2H3. The van der Waals surface area contributed by atoms with Crippen LogP contribution in [0.1, 0.15) is 17.8 Å². The fourth-order valence-corrected chi connectivity index (χ4v) is 4.77. The summed E-state index contributed by atoms with van der Waals surface area (Å²) in [6, 6.07) is 5.88. The highest BCUT2D eigenvalue weighted by Crippen LogP contribution is 2.27. The average molecular weight is 355 g/mol. The lowest BCUT2D eigenvalue weighted by Crippen LogP contribution is -2.46. The van der Waals surface area contributed by atoms with Crippen LogP contribution >= 0.6 is 11.3 Å². The first-order chi connectivity index (χ1) is 10.9. The zero-order chi connectivity index (χ0) is 16.4. The van der Waals surface area contributed by atoms with Crippen molar-refractivity contribution < 1.29 is 13.2 Å². The summed E-state index contributed by atoms with van der Waals surface area (Å²) in [5, 5.41) is 1.05. The molecule has 2 aromatic rings. The predicted molar refractivity (Wildman–Crippen MR) is 92.5 cm³/mol. The Morgan fingerprint density at radius 3 is 3.04 bits per heavy atom. The van der Waals surface area contributed by atoms with Crippen LogP contribution in [0.5, 0.6) is 5.75 Å². The number of ether oxygens (including phenoxy) is 1. The normalized spacial score (nSPS) is 20.0. The number of piperidine rings is 1. The van der Waals surface area contributed by atoms with Gasteiger partial charge in [0, 0.05) is 12.6 Å². The van der Waals surface area contributed by atoms with E-state index < -0.39 is 10.0 Å². The van der Waals surface area contributed by atoms with Crippen LogP contribution in [0.4, 0.5) is 0 Å². The summed E-state index contributed by atoms with van der Waals surface area (Å²) in [5.74, 6) is 0.836. The number of nitrogens with zero attached hydrogens (tertiary/aromatic N) is 2. The topological polar surface area (TPSA) is 71.5 Å². The van der Waals surface area contributed by atoms with Crippen LogP contribution in [0.2, 0.25) is 0 Å². The van der Waals surface area contributed by atoms with Crippen LogP contribution in [0, 0.1) is 0 Å². The Kier molecular flexibility index (Phi) is 4.86. The molecule has 8 heteroatoms. The van der Waals surface area contributed by atoms with E-state index >= 15 is 0 Å². The summed E-state index contributed by atoms with van der Waals surface area (Å²) >= 11 is 1.66. The molecule has 1 aliphatic heterocycles. The maximum atomic E-state index is 11.4. The third-order valence-corrected chi connectivity index (χ3v) is 5.65. The molecule has 23 heavy (non-hydrogen) atoms. The van der Waals surface area contributed by atoms with Gasteiger partial charge >= 0.3 is 0 Å². The van der Waals surface area contributed by atoms with E-state index in [1.54, 1.807) is 18.4 Å². The maximum absolute atomic E-state index is 11.4. The molecule has 0 radical (unpaired) electrons. The Labute approximate surface area is 140 Å². The zero-order valence-corrected chi connectivity index (χ0v) is 14.9. The van der Waals surface area contributed by atoms with Crippen LogP contribution in [0.3, 0.4) is 0 Å². The monoisotopic (exact) mass is 355 g/mol. The van der Waals surface area contributed by atoms with Gasteiger partial charge in [0.05, 0.1) is 30.1 Å². The molecule has 0 saturated carbocycles. The number of aromatic nitrogens is 1. The Hall–Kier alpha value is -1.22. The minimum atomic E-state index is -3.15. The molecule has 3 rings (SSSR count). The molecule has 1 atom stereocenters. The van der Waals surface area contributed by atoms with Gasteiger partial charge in [0.2, 0.25) is 10.0 Å². The van der Waals surface area contributed by atoms with Crippen molar-refractivity contribution in [2.75, 3.05) is 26.5 Å². The number of rotatable bonds is 5. The van der Waals surface area contributed by atoms with Gasteiger partial charge in [0.1, 0.15) is 10.8 Å². The summed E-state index contributed by atoms with van der Waals surface area (Å²) < 4.78 is 31.9. The molecule has 0 bridgehead atoms. The van der Waals surface area contributed by atoms with Gasteiger partial charge in [-0.2, -0.15) is 0 Å². The number of sulfonamides is 1. The fourth-order valence-electron chi connectivity index (χ4n) is 2.94. The van der Waals surface area contributed by atoms with E-state index in [0.29, 0.717) is 0 Å². The Balaban J connectivity index is 1.68. The Morgan fingerprint density at radius 1 is 1.48 bits per heavy atom. The number of nitrogens with one attached hydrogen (secondary N) is 1. The van der Waals surface area contributed by atoms with Crippen molar-refractivity contribution in [3.05, 3.63) is 23.2 Å². The van der Waals surface area contributed by atoms with Crippen LogP contribution < -0.4 is 9.46 Å². The van der Waals surface area contributed by atoms with Gasteiger partial charge in [0.15, 0.2) is 0 Å². The zero-order valence-electron chi connectivity index (χ0n) is 13.3. The van der Waals surface area contributed by atoms with Gasteiger partial charge in [-0.25, -0.2) is 18.1 Å². The molecule has 126 valence electrons. The van der Waals surface area contributed by atoms with Crippen LogP contribution in [-0.4, -0.2) is 50.8 Å². The summed E-state index contributed by atoms with van der Waals surface area (Å²) in [7, 11) is -1.49. The lowest BCUT2D eigenvalue weighted by molar-refractivity contribution is 0.194. The lowest BCUT2D eigenvalue weighted by atomic mass is 10.1. The molecule has 1 unspecified atom stereocenters. The molecular formula is C15H21N3O3S2. The predicted octanol–water partition coefficient (Wildman–Crippen LogP) is 1.82. The van der Waals surface area contributed by atoms with Crippen molar-refractivity contribution in [2.45, 2.75) is 25.4 Å². The van der Waals surface area contributed by atoms with Crippen molar-refractivity contribution in [2.24, 2.45) is 0 Å². The first kappa shape index (κ1) is 16.6. The number of fused-ring (bicyclic) bond motifs is 1. The molecule has 0 spiro atoms. The van der Waals surface area contributed by atoms with E-state index in [-0.39, 0.29) is 6.04 Å². The highest BCUT2D eigenvalue weighted by atomic mass is 32.2. The molecule has 0 aliphatic carbocycles. The second-order valence-corrected chi connectivity index (χ2v) is 8.80. The Morgan fingerprint density at radius 2 is 2.30 bits per heavy atom. The van der Waals surface area contributed by atoms with Gasteiger partial charge in [-0.15, -0.1) is 11.3 Å². The van der Waals surface area contributed by atoms with E-state index in [4.69, 9.17) is 4.74 Å². The van der Waals surface area contributed by atoms with Gasteiger partial charge in [0.25, 0.3) is 0 Å². The van der Waals surface area contributed by atoms with Crippen molar-refractivity contribution in [1.82, 2.24) is 14.6 Å². The highest BCUT2D eigenvalue weighted by molar-refractivity contribution is 7.88. The molecule has 1 aliphatic rings. The second kappa shape index (κ2) is 6.72. The van der Waals surface area contributed by atoms with Gasteiger partial charge in [-0.05, 0) is 37.6 Å². The van der Waals surface area contributed by atoms with Crippen molar-refractivity contribution in [3.8, 4) is 5.75 Å². The van der Waals surface area contributed by atoms with E-state index in [1.165, 1.54) is 6.26 Å². The van der Waals surface area contributed by atoms with Crippen molar-refractivity contribution >= 4 is 31.6 Å². The average Bonchev–Trinajstić information content (AvgIpc) is 2.86. The van der Waals surface area contributed by atoms with Gasteiger partial charge in [-0.1, -0.05) is 0 Å². The number of methoxy groups -OCH3 is 1. The number of hydrogen-bond acceptors (Lipinski definition) is 6. The molecule has 2 heterocycles. The molecular weight excluding hydrogens is 334 g/mol. The number of hydrogen-bond donors (Lipinski definition) is 1. The summed E-state index contributed by atoms with van der Waals surface area (Å²) in [6.07, 6.45) is 3.10. The molecule has 1 N–H and O–H groups in total. The first-order valence-electron chi connectivity index (χ1n) is 7.56. The number of benzene rings is 1. The van der Waals surface area contributed by atoms with Gasteiger partial charge < -0.3 is 4.74 Å². The molecule has 1 aromatic carbocycles. The minimum Gasteiger partial charge on any atom is -0.497 e. The largest absolute Gasteiger partial charge is 0.497 e. The van der Waals surface area contributed by atoms with E-state index in [2.05, 4.69) is 14.6 Å². The first-order valence-corrected chi connectivity index (χ1v) is 10.3. The smallest absolute Gasteiger partial charge is 0.208 e. The Bertz CT molecular complexity index is 788. The van der Waals surface area contributed by atoms with Crippen molar-refractivity contribution in [3.63, 3.8) is 0 Å². The lowest BCUT2D eigenvalue weighted by Gasteiger charge is -2.32. The van der Waals surface area contributed by atoms with Crippen molar-refractivity contribution in [1.29, 1.82) is 0 Å². The third-order valence-electron chi connectivity index (χ3n) is 3.89. The molecule has 6 nitrogen and oxygen atoms in total. The third kappa shape index (κ3) is 4.41. The highest BCUT2D eigenvalue weighted by Gasteiger charge is 2.23. The number of thiazole rings is 1. The molecule has 0 amide bonds. The summed E-state index contributed by atoms with van der Waals surface area (Å²) in [6.45, 7) is 2.46. The van der Waals surface area contributed by atoms with Crippen LogP contribution in [0.25, 0.3) is 10.2 Å².